The average Bonchev–Trinajstić information content (AvgIpc) is 3.32. The maximum atomic E-state index is 12.8. The lowest BCUT2D eigenvalue weighted by Gasteiger charge is -2.02. The minimum Gasteiger partial charge on any atom is -0.435 e. The van der Waals surface area contributed by atoms with Crippen molar-refractivity contribution in [1.29, 1.82) is 0 Å². The number of carbonyl (C=O) groups is 2. The Hall–Kier alpha value is -3.73. The number of allylic oxidation sites excluding steroid dienone is 1. The first-order chi connectivity index (χ1) is 13.9. The van der Waals surface area contributed by atoms with E-state index in [1.165, 1.54) is 6.08 Å². The van der Waals surface area contributed by atoms with E-state index in [0.29, 0.717) is 22.4 Å². The highest BCUT2D eigenvalue weighted by atomic mass is 16.3. The van der Waals surface area contributed by atoms with Gasteiger partial charge in [-0.3, -0.25) is 9.59 Å². The number of rotatable bonds is 2. The highest BCUT2D eigenvalue weighted by molar-refractivity contribution is 6.41. The molecular formula is C24H18N2O3. The summed E-state index contributed by atoms with van der Waals surface area (Å²) in [4.78, 5) is 30.0. The van der Waals surface area contributed by atoms with Gasteiger partial charge >= 0.3 is 0 Å². The first-order valence-electron chi connectivity index (χ1n) is 9.38. The van der Waals surface area contributed by atoms with Crippen LogP contribution in [0.15, 0.2) is 58.5 Å². The highest BCUT2D eigenvalue weighted by Gasteiger charge is 2.34. The second kappa shape index (κ2) is 6.14. The van der Waals surface area contributed by atoms with Crippen molar-refractivity contribution in [1.82, 2.24) is 9.55 Å². The van der Waals surface area contributed by atoms with Gasteiger partial charge in [0.25, 0.3) is 0 Å². The van der Waals surface area contributed by atoms with Gasteiger partial charge in [-0.25, -0.2) is 0 Å². The number of hydrogen-bond acceptors (Lipinski definition) is 4. The van der Waals surface area contributed by atoms with Crippen LogP contribution in [-0.4, -0.2) is 21.1 Å². The van der Waals surface area contributed by atoms with E-state index in [1.807, 2.05) is 61.9 Å². The molecule has 4 aromatic rings. The van der Waals surface area contributed by atoms with E-state index in [4.69, 9.17) is 4.42 Å². The molecule has 0 amide bonds. The Labute approximate surface area is 167 Å². The maximum absolute atomic E-state index is 12.8. The number of nitrogens with zero attached hydrogens (tertiary/aromatic N) is 2. The Bertz CT molecular complexity index is 1310. The zero-order valence-electron chi connectivity index (χ0n) is 16.3. The molecule has 5 rings (SSSR count). The molecule has 5 heteroatoms. The Morgan fingerprint density at radius 1 is 0.931 bits per heavy atom. The fourth-order valence-corrected chi connectivity index (χ4v) is 3.80. The number of aryl methyl sites for hydroxylation is 3. The van der Waals surface area contributed by atoms with Gasteiger partial charge < -0.3 is 8.98 Å². The molecule has 0 unspecified atom stereocenters. The van der Waals surface area contributed by atoms with Crippen molar-refractivity contribution < 1.29 is 14.0 Å². The summed E-state index contributed by atoms with van der Waals surface area (Å²) in [6.45, 7) is 3.86. The van der Waals surface area contributed by atoms with Gasteiger partial charge in [-0.2, -0.15) is 4.98 Å². The largest absolute Gasteiger partial charge is 0.435 e. The highest BCUT2D eigenvalue weighted by Crippen LogP contribution is 2.32. The monoisotopic (exact) mass is 382 g/mol. The zero-order chi connectivity index (χ0) is 20.3. The van der Waals surface area contributed by atoms with E-state index in [-0.39, 0.29) is 23.0 Å². The van der Waals surface area contributed by atoms with Crippen LogP contribution < -0.4 is 0 Å². The molecule has 0 aliphatic heterocycles. The first-order valence-corrected chi connectivity index (χ1v) is 9.38. The topological polar surface area (TPSA) is 65.1 Å². The second-order valence-electron chi connectivity index (χ2n) is 7.39. The maximum Gasteiger partial charge on any atom is 0.222 e. The summed E-state index contributed by atoms with van der Waals surface area (Å²) in [7, 11) is 1.91. The molecule has 2 aromatic heterocycles. The van der Waals surface area contributed by atoms with Gasteiger partial charge in [0.2, 0.25) is 5.89 Å². The molecule has 0 saturated heterocycles. The lowest BCUT2D eigenvalue weighted by Crippen LogP contribution is -2.00. The number of benzene rings is 2. The van der Waals surface area contributed by atoms with Crippen molar-refractivity contribution in [3.8, 4) is 11.3 Å². The van der Waals surface area contributed by atoms with Crippen LogP contribution in [0, 0.1) is 13.8 Å². The van der Waals surface area contributed by atoms with Gasteiger partial charge in [0.15, 0.2) is 22.8 Å². The normalized spacial score (nSPS) is 13.4. The Balaban J connectivity index is 1.56. The van der Waals surface area contributed by atoms with Crippen LogP contribution in [0.25, 0.3) is 28.6 Å². The number of oxazole rings is 1. The Morgan fingerprint density at radius 2 is 1.55 bits per heavy atom. The zero-order valence-corrected chi connectivity index (χ0v) is 16.3. The number of ketones is 2. The quantitative estimate of drug-likeness (QED) is 0.365. The van der Waals surface area contributed by atoms with Crippen LogP contribution in [-0.2, 0) is 7.05 Å². The van der Waals surface area contributed by atoms with Crippen LogP contribution in [0.5, 0.6) is 0 Å². The molecule has 0 atom stereocenters. The van der Waals surface area contributed by atoms with Crippen molar-refractivity contribution in [3.05, 3.63) is 82.2 Å². The molecule has 0 saturated carbocycles. The van der Waals surface area contributed by atoms with Crippen molar-refractivity contribution in [2.45, 2.75) is 13.8 Å². The Kier molecular flexibility index (Phi) is 3.68. The fourth-order valence-electron chi connectivity index (χ4n) is 3.80. The molecule has 142 valence electrons. The number of fused-ring (bicyclic) bond motifs is 2. The molecule has 2 aromatic carbocycles. The smallest absolute Gasteiger partial charge is 0.222 e. The van der Waals surface area contributed by atoms with Crippen LogP contribution in [0.3, 0.4) is 0 Å². The third kappa shape index (κ3) is 2.58. The summed E-state index contributed by atoms with van der Waals surface area (Å²) >= 11 is 0. The van der Waals surface area contributed by atoms with Gasteiger partial charge in [0, 0.05) is 30.3 Å². The van der Waals surface area contributed by atoms with E-state index in [9.17, 15) is 9.59 Å². The summed E-state index contributed by atoms with van der Waals surface area (Å²) in [6, 6.07) is 15.4. The lowest BCUT2D eigenvalue weighted by atomic mass is 10.0. The summed E-state index contributed by atoms with van der Waals surface area (Å²) in [5.41, 5.74) is 6.29. The lowest BCUT2D eigenvalue weighted by molar-refractivity contribution is 0.0990. The summed E-state index contributed by atoms with van der Waals surface area (Å²) < 4.78 is 7.78. The van der Waals surface area contributed by atoms with Crippen molar-refractivity contribution in [2.24, 2.45) is 7.05 Å². The summed E-state index contributed by atoms with van der Waals surface area (Å²) in [5, 5.41) is 0. The van der Waals surface area contributed by atoms with Gasteiger partial charge in [-0.1, -0.05) is 30.3 Å². The Morgan fingerprint density at radius 3 is 2.14 bits per heavy atom. The van der Waals surface area contributed by atoms with Gasteiger partial charge in [0.1, 0.15) is 0 Å². The predicted molar refractivity (Wildman–Crippen MR) is 111 cm³/mol. The molecule has 0 N–H and O–H groups in total. The number of Topliss-reactive ketones (excluding diaryl/α,β-unsaturated/α-hetero) is 2. The van der Waals surface area contributed by atoms with Crippen LogP contribution in [0.1, 0.15) is 37.7 Å². The number of aromatic nitrogens is 2. The van der Waals surface area contributed by atoms with Crippen molar-refractivity contribution >= 4 is 28.9 Å². The van der Waals surface area contributed by atoms with Crippen LogP contribution in [0.4, 0.5) is 0 Å². The summed E-state index contributed by atoms with van der Waals surface area (Å²) in [6.07, 6.45) is 1.46. The van der Waals surface area contributed by atoms with Crippen LogP contribution >= 0.6 is 0 Å². The molecule has 2 heterocycles. The average molecular weight is 382 g/mol. The number of hydrogen-bond donors (Lipinski definition) is 0. The molecule has 29 heavy (non-hydrogen) atoms. The minimum absolute atomic E-state index is 0.0971. The van der Waals surface area contributed by atoms with E-state index >= 15 is 0 Å². The molecule has 1 aliphatic rings. The van der Waals surface area contributed by atoms with Crippen LogP contribution in [0.2, 0.25) is 0 Å². The van der Waals surface area contributed by atoms with E-state index in [0.717, 1.165) is 22.4 Å². The third-order valence-electron chi connectivity index (χ3n) is 5.55. The predicted octanol–water partition coefficient (Wildman–Crippen LogP) is 4.91. The van der Waals surface area contributed by atoms with E-state index in [1.54, 1.807) is 12.1 Å². The van der Waals surface area contributed by atoms with Gasteiger partial charge in [-0.15, -0.1) is 0 Å². The van der Waals surface area contributed by atoms with Crippen molar-refractivity contribution in [3.63, 3.8) is 0 Å². The van der Waals surface area contributed by atoms with E-state index < -0.39 is 0 Å². The third-order valence-corrected chi connectivity index (χ3v) is 5.55. The fraction of sp³-hybridized carbons (Fsp3) is 0.125. The van der Waals surface area contributed by atoms with Gasteiger partial charge in [0.05, 0.1) is 11.3 Å². The summed E-state index contributed by atoms with van der Waals surface area (Å²) in [5.74, 6) is -0.302. The minimum atomic E-state index is -0.277. The molecule has 1 aliphatic carbocycles. The molecule has 0 radical (unpaired) electrons. The number of carbonyl (C=O) groups excluding carboxylic acids is 2. The molecule has 0 spiro atoms. The van der Waals surface area contributed by atoms with E-state index in [2.05, 4.69) is 4.98 Å². The first kappa shape index (κ1) is 17.4. The van der Waals surface area contributed by atoms with Gasteiger partial charge in [-0.05, 0) is 42.7 Å². The molecule has 0 bridgehead atoms. The van der Waals surface area contributed by atoms with Crippen molar-refractivity contribution in [2.75, 3.05) is 0 Å². The SMILES string of the molecule is Cc1cc2c(cc1C)C(=O)C(=Cc1nc3c(cc(-c4ccccc4)n3C)o1)C2=O. The molecular weight excluding hydrogens is 364 g/mol. The second-order valence-corrected chi connectivity index (χ2v) is 7.39. The molecule has 5 nitrogen and oxygen atoms in total. The molecule has 0 fully saturated rings. The standard InChI is InChI=1S/C24H18N2O3/c1-13-9-16-17(10-14(13)2)23(28)18(22(16)27)11-21-25-24-20(29-21)12-19(26(24)3)15-7-5-4-6-8-15/h4-12H,1-3H3.